The lowest BCUT2D eigenvalue weighted by molar-refractivity contribution is 0.0239. The fraction of sp³-hybridized carbons (Fsp3) is 0.250. The average Bonchev–Trinajstić information content (AvgIpc) is 3.34. The van der Waals surface area contributed by atoms with Crippen LogP contribution in [0.3, 0.4) is 0 Å². The van der Waals surface area contributed by atoms with Gasteiger partial charge in [0.15, 0.2) is 0 Å². The number of fused-ring (bicyclic) bond motifs is 4. The zero-order chi connectivity index (χ0) is 29.2. The molecule has 1 aliphatic heterocycles. The summed E-state index contributed by atoms with van der Waals surface area (Å²) in [6.07, 6.45) is -0.0519. The largest absolute Gasteiger partial charge is 0.497 e. The van der Waals surface area contributed by atoms with Gasteiger partial charge >= 0.3 is 6.09 Å². The monoisotopic (exact) mass is 584 g/mol. The Morgan fingerprint density at radius 1 is 1.02 bits per heavy atom. The van der Waals surface area contributed by atoms with Crippen LogP contribution in [0.1, 0.15) is 38.7 Å². The number of halogens is 1. The molecule has 0 fully saturated rings. The minimum atomic E-state index is -1.08. The smallest absolute Gasteiger partial charge is 0.410 e. The minimum Gasteiger partial charge on any atom is -0.497 e. The number of carbonyl (C=O) groups is 2. The number of aromatic nitrogens is 2. The van der Waals surface area contributed by atoms with Gasteiger partial charge < -0.3 is 19.9 Å². The summed E-state index contributed by atoms with van der Waals surface area (Å²) in [4.78, 5) is 35.6. The van der Waals surface area contributed by atoms with E-state index >= 15 is 0 Å². The molecule has 0 radical (unpaired) electrons. The van der Waals surface area contributed by atoms with Crippen LogP contribution in [0, 0.1) is 0 Å². The molecule has 0 saturated carbocycles. The van der Waals surface area contributed by atoms with Gasteiger partial charge in [-0.15, -0.1) is 0 Å². The molecule has 2 heterocycles. The molecule has 0 saturated heterocycles. The number of amides is 2. The van der Waals surface area contributed by atoms with Gasteiger partial charge in [0, 0.05) is 25.1 Å². The number of aliphatic hydroxyl groups is 1. The third-order valence-electron chi connectivity index (χ3n) is 7.94. The first-order chi connectivity index (χ1) is 20.4. The molecule has 42 heavy (non-hydrogen) atoms. The third kappa shape index (κ3) is 5.41. The van der Waals surface area contributed by atoms with Gasteiger partial charge in [0.05, 0.1) is 19.3 Å². The Kier molecular flexibility index (Phi) is 7.78. The number of benzene rings is 3. The van der Waals surface area contributed by atoms with E-state index in [0.29, 0.717) is 12.2 Å². The first kappa shape index (κ1) is 27.7. The fourth-order valence-corrected chi connectivity index (χ4v) is 5.96. The molecule has 1 aromatic heterocycles. The van der Waals surface area contributed by atoms with E-state index in [1.165, 1.54) is 17.3 Å². The highest BCUT2D eigenvalue weighted by atomic mass is 35.5. The van der Waals surface area contributed by atoms with Crippen LogP contribution < -0.4 is 10.1 Å². The molecule has 6 rings (SSSR count). The lowest BCUT2D eigenvalue weighted by Crippen LogP contribution is -2.53. The van der Waals surface area contributed by atoms with Crippen LogP contribution in [-0.4, -0.2) is 64.4 Å². The van der Waals surface area contributed by atoms with Crippen LogP contribution >= 0.6 is 11.6 Å². The van der Waals surface area contributed by atoms with E-state index in [2.05, 4.69) is 39.6 Å². The van der Waals surface area contributed by atoms with Crippen molar-refractivity contribution in [1.29, 1.82) is 0 Å². The molecule has 10 heteroatoms. The fourth-order valence-electron chi connectivity index (χ4n) is 5.81. The molecule has 9 nitrogen and oxygen atoms in total. The molecule has 2 aliphatic rings. The van der Waals surface area contributed by atoms with Crippen LogP contribution in [0.25, 0.3) is 11.1 Å². The first-order valence-electron chi connectivity index (χ1n) is 13.6. The Morgan fingerprint density at radius 3 is 2.43 bits per heavy atom. The summed E-state index contributed by atoms with van der Waals surface area (Å²) in [6, 6.07) is 22.7. The normalized spacial score (nSPS) is 16.2. The molecule has 1 aliphatic carbocycles. The molecule has 0 bridgehead atoms. The summed E-state index contributed by atoms with van der Waals surface area (Å²) in [7, 11) is 1.59. The molecular weight excluding hydrogens is 556 g/mol. The zero-order valence-corrected chi connectivity index (χ0v) is 23.6. The van der Waals surface area contributed by atoms with Crippen molar-refractivity contribution in [3.63, 3.8) is 0 Å². The van der Waals surface area contributed by atoms with Crippen LogP contribution in [0.15, 0.2) is 79.1 Å². The van der Waals surface area contributed by atoms with Crippen molar-refractivity contribution < 1.29 is 24.2 Å². The summed E-state index contributed by atoms with van der Waals surface area (Å²) in [5.74, 6) is 0.0730. The Labute approximate surface area is 248 Å². The third-order valence-corrected chi connectivity index (χ3v) is 8.14. The van der Waals surface area contributed by atoms with Crippen LogP contribution in [0.4, 0.5) is 4.79 Å². The molecule has 2 N–H and O–H groups in total. The Balaban J connectivity index is 1.21. The minimum absolute atomic E-state index is 0.0803. The number of aliphatic hydroxyl groups excluding tert-OH is 1. The number of hydrogen-bond acceptors (Lipinski definition) is 7. The van der Waals surface area contributed by atoms with E-state index in [0.717, 1.165) is 33.4 Å². The van der Waals surface area contributed by atoms with Gasteiger partial charge in [-0.1, -0.05) is 66.2 Å². The van der Waals surface area contributed by atoms with E-state index in [-0.39, 0.29) is 36.5 Å². The summed E-state index contributed by atoms with van der Waals surface area (Å²) in [5.41, 5.74) is 6.48. The topological polar surface area (TPSA) is 114 Å². The number of nitrogens with zero attached hydrogens (tertiary/aromatic N) is 3. The van der Waals surface area contributed by atoms with Crippen molar-refractivity contribution in [2.75, 3.05) is 20.3 Å². The average molecular weight is 585 g/mol. The van der Waals surface area contributed by atoms with Crippen molar-refractivity contribution in [3.8, 4) is 16.9 Å². The molecular formula is C32H29ClN4O5. The van der Waals surface area contributed by atoms with Crippen molar-refractivity contribution in [2.45, 2.75) is 31.0 Å². The summed E-state index contributed by atoms with van der Waals surface area (Å²) in [5, 5.41) is 14.1. The van der Waals surface area contributed by atoms with Crippen molar-refractivity contribution in [1.82, 2.24) is 20.2 Å². The second-order valence-corrected chi connectivity index (χ2v) is 10.7. The molecule has 4 aromatic rings. The van der Waals surface area contributed by atoms with E-state index in [1.54, 1.807) is 7.11 Å². The maximum atomic E-state index is 13.7. The van der Waals surface area contributed by atoms with Gasteiger partial charge in [-0.25, -0.2) is 14.8 Å². The Morgan fingerprint density at radius 2 is 1.74 bits per heavy atom. The maximum Gasteiger partial charge on any atom is 0.410 e. The van der Waals surface area contributed by atoms with Crippen LogP contribution in [-0.2, 0) is 17.7 Å². The highest BCUT2D eigenvalue weighted by Crippen LogP contribution is 2.44. The maximum absolute atomic E-state index is 13.7. The van der Waals surface area contributed by atoms with Gasteiger partial charge in [-0.2, -0.15) is 0 Å². The van der Waals surface area contributed by atoms with Gasteiger partial charge in [0.1, 0.15) is 29.5 Å². The molecule has 1 unspecified atom stereocenters. The van der Waals surface area contributed by atoms with E-state index in [4.69, 9.17) is 21.1 Å². The lowest BCUT2D eigenvalue weighted by Gasteiger charge is -2.39. The predicted octanol–water partition coefficient (Wildman–Crippen LogP) is 4.61. The molecule has 2 atom stereocenters. The molecule has 2 amide bonds. The zero-order valence-electron chi connectivity index (χ0n) is 22.9. The number of nitrogens with one attached hydrogen (secondary N) is 1. The van der Waals surface area contributed by atoms with Crippen molar-refractivity contribution >= 4 is 23.6 Å². The lowest BCUT2D eigenvalue weighted by atomic mass is 9.91. The van der Waals surface area contributed by atoms with Gasteiger partial charge in [-0.05, 0) is 51.9 Å². The highest BCUT2D eigenvalue weighted by Gasteiger charge is 2.37. The second kappa shape index (κ2) is 11.8. The second-order valence-electron chi connectivity index (χ2n) is 10.3. The molecule has 0 spiro atoms. The van der Waals surface area contributed by atoms with E-state index in [1.807, 2.05) is 42.5 Å². The van der Waals surface area contributed by atoms with E-state index in [9.17, 15) is 14.7 Å². The van der Waals surface area contributed by atoms with Crippen molar-refractivity contribution in [2.24, 2.45) is 0 Å². The molecule has 214 valence electrons. The predicted molar refractivity (Wildman–Crippen MR) is 156 cm³/mol. The number of methoxy groups -OCH3 is 1. The van der Waals surface area contributed by atoms with Gasteiger partial charge in [0.2, 0.25) is 0 Å². The number of rotatable bonds is 7. The van der Waals surface area contributed by atoms with Crippen LogP contribution in [0.2, 0.25) is 5.15 Å². The number of carbonyl (C=O) groups excluding carboxylic acids is 2. The summed E-state index contributed by atoms with van der Waals surface area (Å²) < 4.78 is 11.4. The highest BCUT2D eigenvalue weighted by molar-refractivity contribution is 6.29. The summed E-state index contributed by atoms with van der Waals surface area (Å²) in [6.45, 7) is 0.270. The quantitative estimate of drug-likeness (QED) is 0.305. The van der Waals surface area contributed by atoms with E-state index < -0.39 is 24.1 Å². The standard InChI is InChI=1S/C32H29ClN4O5/c1-41-21-11-10-19-13-28(29(38)15-34-31(39)27-14-30(33)36-18-35-27)37(16-20(19)12-21)32(40)42-17-26-24-8-4-2-6-22(24)23-7-3-5-9-25(23)26/h2-12,14,18,26,28-29,38H,13,15-17H2,1H3,(H,34,39)/t28-,29?/m0/s1. The SMILES string of the molecule is COc1ccc2c(c1)CN(C(=O)OCC1c3ccccc3-c3ccccc31)[C@H](C(O)CNC(=O)c1cc(Cl)ncn1)C2. The Bertz CT molecular complexity index is 1600. The van der Waals surface area contributed by atoms with Crippen molar-refractivity contribution in [3.05, 3.63) is 112 Å². The Hall–Kier alpha value is -4.47. The molecule has 3 aromatic carbocycles. The number of ether oxygens (including phenoxy) is 2. The van der Waals surface area contributed by atoms with Gasteiger partial charge in [0.25, 0.3) is 5.91 Å². The van der Waals surface area contributed by atoms with Gasteiger partial charge in [-0.3, -0.25) is 9.69 Å². The summed E-state index contributed by atoms with van der Waals surface area (Å²) >= 11 is 5.88. The number of hydrogen-bond donors (Lipinski definition) is 2. The first-order valence-corrected chi connectivity index (χ1v) is 14.0. The van der Waals surface area contributed by atoms with Crippen LogP contribution in [0.5, 0.6) is 5.75 Å².